The smallest absolute Gasteiger partial charge is 0.347 e. The third-order valence-corrected chi connectivity index (χ3v) is 2.78. The number of carbonyl (C=O) groups is 2. The van der Waals surface area contributed by atoms with Crippen molar-refractivity contribution in [1.82, 2.24) is 0 Å². The van der Waals surface area contributed by atoms with Gasteiger partial charge in [0.1, 0.15) is 6.10 Å². The predicted octanol–water partition coefficient (Wildman–Crippen LogP) is 2.20. The lowest BCUT2D eigenvalue weighted by atomic mass is 9.98. The highest BCUT2D eigenvalue weighted by Crippen LogP contribution is 2.21. The van der Waals surface area contributed by atoms with E-state index in [0.717, 1.165) is 25.7 Å². The minimum Gasteiger partial charge on any atom is -0.460 e. The molecule has 0 N–H and O–H groups in total. The zero-order valence-electron chi connectivity index (χ0n) is 10.0. The number of ether oxygens (including phenoxy) is 2. The first-order chi connectivity index (χ1) is 7.63. The van der Waals surface area contributed by atoms with Crippen LogP contribution in [0.4, 0.5) is 0 Å². The molecule has 0 saturated heterocycles. The SMILES string of the molecule is CCC(OC(C)=O)C(=O)OC1CCCCC1. The van der Waals surface area contributed by atoms with E-state index < -0.39 is 18.0 Å². The third kappa shape index (κ3) is 4.21. The molecule has 0 spiro atoms. The number of esters is 2. The second-order valence-corrected chi connectivity index (χ2v) is 4.20. The van der Waals surface area contributed by atoms with Crippen molar-refractivity contribution in [2.75, 3.05) is 0 Å². The molecular weight excluding hydrogens is 208 g/mol. The largest absolute Gasteiger partial charge is 0.460 e. The molecule has 1 aliphatic rings. The van der Waals surface area contributed by atoms with Crippen molar-refractivity contribution in [2.45, 2.75) is 64.6 Å². The summed E-state index contributed by atoms with van der Waals surface area (Å²) in [5.41, 5.74) is 0. The second-order valence-electron chi connectivity index (χ2n) is 4.20. The first-order valence-electron chi connectivity index (χ1n) is 6.01. The van der Waals surface area contributed by atoms with Gasteiger partial charge in [0.15, 0.2) is 6.10 Å². The molecule has 92 valence electrons. The van der Waals surface area contributed by atoms with Gasteiger partial charge in [-0.2, -0.15) is 0 Å². The lowest BCUT2D eigenvalue weighted by molar-refractivity contribution is -0.171. The lowest BCUT2D eigenvalue weighted by Gasteiger charge is -2.24. The van der Waals surface area contributed by atoms with Crippen LogP contribution < -0.4 is 0 Å². The van der Waals surface area contributed by atoms with Crippen LogP contribution >= 0.6 is 0 Å². The van der Waals surface area contributed by atoms with Crippen molar-refractivity contribution >= 4 is 11.9 Å². The van der Waals surface area contributed by atoms with Gasteiger partial charge in [-0.05, 0) is 32.1 Å². The molecule has 4 nitrogen and oxygen atoms in total. The summed E-state index contributed by atoms with van der Waals surface area (Å²) in [6, 6.07) is 0. The Kier molecular flexibility index (Phi) is 5.29. The van der Waals surface area contributed by atoms with Crippen molar-refractivity contribution in [2.24, 2.45) is 0 Å². The van der Waals surface area contributed by atoms with Crippen molar-refractivity contribution < 1.29 is 19.1 Å². The molecule has 16 heavy (non-hydrogen) atoms. The van der Waals surface area contributed by atoms with Crippen LogP contribution in [0.5, 0.6) is 0 Å². The minimum atomic E-state index is -0.737. The fraction of sp³-hybridized carbons (Fsp3) is 0.833. The molecule has 1 rings (SSSR count). The van der Waals surface area contributed by atoms with Gasteiger partial charge < -0.3 is 9.47 Å². The highest BCUT2D eigenvalue weighted by molar-refractivity contribution is 5.78. The summed E-state index contributed by atoms with van der Waals surface area (Å²) in [4.78, 5) is 22.5. The zero-order valence-corrected chi connectivity index (χ0v) is 10.0. The quantitative estimate of drug-likeness (QED) is 0.692. The molecule has 0 bridgehead atoms. The van der Waals surface area contributed by atoms with Crippen molar-refractivity contribution in [1.29, 1.82) is 0 Å². The van der Waals surface area contributed by atoms with Gasteiger partial charge >= 0.3 is 11.9 Å². The highest BCUT2D eigenvalue weighted by atomic mass is 16.6. The van der Waals surface area contributed by atoms with E-state index in [4.69, 9.17) is 9.47 Å². The van der Waals surface area contributed by atoms with Gasteiger partial charge in [0.25, 0.3) is 0 Å². The van der Waals surface area contributed by atoms with Crippen LogP contribution in [-0.4, -0.2) is 24.1 Å². The number of carbonyl (C=O) groups excluding carboxylic acids is 2. The Morgan fingerprint density at radius 3 is 2.38 bits per heavy atom. The van der Waals surface area contributed by atoms with Gasteiger partial charge in [-0.25, -0.2) is 4.79 Å². The Balaban J connectivity index is 2.38. The summed E-state index contributed by atoms with van der Waals surface area (Å²) in [6.45, 7) is 3.10. The fourth-order valence-corrected chi connectivity index (χ4v) is 1.92. The Morgan fingerprint density at radius 1 is 1.25 bits per heavy atom. The Hall–Kier alpha value is -1.06. The maximum absolute atomic E-state index is 11.7. The molecule has 4 heteroatoms. The van der Waals surface area contributed by atoms with E-state index in [1.165, 1.54) is 13.3 Å². The third-order valence-electron chi connectivity index (χ3n) is 2.78. The normalized spacial score (nSPS) is 18.9. The molecule has 0 aromatic rings. The monoisotopic (exact) mass is 228 g/mol. The van der Waals surface area contributed by atoms with E-state index in [9.17, 15) is 9.59 Å². The Morgan fingerprint density at radius 2 is 1.88 bits per heavy atom. The molecule has 0 heterocycles. The molecule has 1 atom stereocenters. The summed E-state index contributed by atoms with van der Waals surface area (Å²) in [5, 5.41) is 0. The topological polar surface area (TPSA) is 52.6 Å². The van der Waals surface area contributed by atoms with Crippen molar-refractivity contribution in [3.63, 3.8) is 0 Å². The maximum Gasteiger partial charge on any atom is 0.347 e. The van der Waals surface area contributed by atoms with Crippen LogP contribution in [0.15, 0.2) is 0 Å². The van der Waals surface area contributed by atoms with E-state index in [-0.39, 0.29) is 6.10 Å². The minimum absolute atomic E-state index is 0.0193. The maximum atomic E-state index is 11.7. The van der Waals surface area contributed by atoms with E-state index in [1.807, 2.05) is 0 Å². The fourth-order valence-electron chi connectivity index (χ4n) is 1.92. The van der Waals surface area contributed by atoms with E-state index in [2.05, 4.69) is 0 Å². The zero-order chi connectivity index (χ0) is 12.0. The van der Waals surface area contributed by atoms with Crippen molar-refractivity contribution in [3.05, 3.63) is 0 Å². The highest BCUT2D eigenvalue weighted by Gasteiger charge is 2.25. The van der Waals surface area contributed by atoms with Gasteiger partial charge in [0.2, 0.25) is 0 Å². The Bertz CT molecular complexity index is 243. The number of hydrogen-bond acceptors (Lipinski definition) is 4. The average molecular weight is 228 g/mol. The number of hydrogen-bond donors (Lipinski definition) is 0. The van der Waals surface area contributed by atoms with Crippen LogP contribution in [0.2, 0.25) is 0 Å². The van der Waals surface area contributed by atoms with Crippen LogP contribution in [0.1, 0.15) is 52.4 Å². The standard InChI is InChI=1S/C12H20O4/c1-3-11(15-9(2)13)12(14)16-10-7-5-4-6-8-10/h10-11H,3-8H2,1-2H3. The molecule has 1 fully saturated rings. The van der Waals surface area contributed by atoms with Crippen LogP contribution in [-0.2, 0) is 19.1 Å². The number of rotatable bonds is 4. The molecule has 0 aromatic carbocycles. The summed E-state index contributed by atoms with van der Waals surface area (Å²) < 4.78 is 10.2. The van der Waals surface area contributed by atoms with Crippen molar-refractivity contribution in [3.8, 4) is 0 Å². The van der Waals surface area contributed by atoms with Gasteiger partial charge in [-0.15, -0.1) is 0 Å². The molecule has 1 saturated carbocycles. The van der Waals surface area contributed by atoms with Gasteiger partial charge in [-0.1, -0.05) is 13.3 Å². The van der Waals surface area contributed by atoms with Gasteiger partial charge in [0.05, 0.1) is 0 Å². The molecule has 1 unspecified atom stereocenters. The van der Waals surface area contributed by atoms with E-state index in [1.54, 1.807) is 6.92 Å². The van der Waals surface area contributed by atoms with E-state index >= 15 is 0 Å². The Labute approximate surface area is 96.3 Å². The van der Waals surface area contributed by atoms with Crippen LogP contribution in [0, 0.1) is 0 Å². The molecule has 0 aliphatic heterocycles. The van der Waals surface area contributed by atoms with Crippen LogP contribution in [0.25, 0.3) is 0 Å². The lowest BCUT2D eigenvalue weighted by Crippen LogP contribution is -2.32. The molecule has 0 aromatic heterocycles. The summed E-state index contributed by atoms with van der Waals surface area (Å²) in [7, 11) is 0. The van der Waals surface area contributed by atoms with Gasteiger partial charge in [0, 0.05) is 6.92 Å². The predicted molar refractivity (Wildman–Crippen MR) is 58.8 cm³/mol. The molecule has 1 aliphatic carbocycles. The summed E-state index contributed by atoms with van der Waals surface area (Å²) >= 11 is 0. The average Bonchev–Trinajstić information content (AvgIpc) is 2.26. The molecule has 0 amide bonds. The molecule has 0 radical (unpaired) electrons. The first kappa shape index (κ1) is 13.0. The molecular formula is C12H20O4. The van der Waals surface area contributed by atoms with Crippen LogP contribution in [0.3, 0.4) is 0 Å². The second kappa shape index (κ2) is 6.51. The van der Waals surface area contributed by atoms with Gasteiger partial charge in [-0.3, -0.25) is 4.79 Å². The summed E-state index contributed by atoms with van der Waals surface area (Å²) in [6.07, 6.45) is 5.06. The summed E-state index contributed by atoms with van der Waals surface area (Å²) in [5.74, 6) is -0.836. The first-order valence-corrected chi connectivity index (χ1v) is 6.01. The van der Waals surface area contributed by atoms with E-state index in [0.29, 0.717) is 6.42 Å².